The number of aryl methyl sites for hydroxylation is 2. The summed E-state index contributed by atoms with van der Waals surface area (Å²) in [5.41, 5.74) is 2.96. The number of carbonyl (C=O) groups excluding carboxylic acids is 1. The van der Waals surface area contributed by atoms with E-state index in [4.69, 9.17) is 12.2 Å². The van der Waals surface area contributed by atoms with Crippen molar-refractivity contribution in [3.63, 3.8) is 0 Å². The molecule has 0 aliphatic carbocycles. The van der Waals surface area contributed by atoms with Gasteiger partial charge in [-0.1, -0.05) is 6.07 Å². The Labute approximate surface area is 153 Å². The fourth-order valence-electron chi connectivity index (χ4n) is 2.66. The van der Waals surface area contributed by atoms with Gasteiger partial charge in [-0.2, -0.15) is 9.36 Å². The summed E-state index contributed by atoms with van der Waals surface area (Å²) in [6.45, 7) is 10.8. The van der Waals surface area contributed by atoms with Gasteiger partial charge in [-0.25, -0.2) is 0 Å². The van der Waals surface area contributed by atoms with Gasteiger partial charge in [0.25, 0.3) is 5.91 Å². The highest BCUT2D eigenvalue weighted by Crippen LogP contribution is 2.12. The molecule has 1 amide bonds. The van der Waals surface area contributed by atoms with Crippen LogP contribution in [0.2, 0.25) is 0 Å². The van der Waals surface area contributed by atoms with Crippen molar-refractivity contribution >= 4 is 18.1 Å². The molecule has 1 aromatic carbocycles. The van der Waals surface area contributed by atoms with Crippen LogP contribution < -0.4 is 10.2 Å². The van der Waals surface area contributed by atoms with Gasteiger partial charge in [0.15, 0.2) is 13.2 Å². The summed E-state index contributed by atoms with van der Waals surface area (Å²) in [7, 11) is 1.93. The summed E-state index contributed by atoms with van der Waals surface area (Å²) in [6, 6.07) is 6.15. The van der Waals surface area contributed by atoms with Crippen LogP contribution >= 0.6 is 12.2 Å². The molecule has 0 saturated heterocycles. The number of amides is 1. The molecule has 0 bridgehead atoms. The molecule has 2 rings (SSSR count). The van der Waals surface area contributed by atoms with Gasteiger partial charge in [-0.3, -0.25) is 4.79 Å². The minimum atomic E-state index is -0.236. The van der Waals surface area contributed by atoms with Crippen molar-refractivity contribution in [3.05, 3.63) is 34.1 Å². The summed E-state index contributed by atoms with van der Waals surface area (Å²) in [4.78, 5) is 13.0. The van der Waals surface area contributed by atoms with E-state index in [9.17, 15) is 4.79 Å². The Hall–Kier alpha value is -2.06. The van der Waals surface area contributed by atoms with E-state index >= 15 is 0 Å². The van der Waals surface area contributed by atoms with Gasteiger partial charge in [0.1, 0.15) is 0 Å². The van der Waals surface area contributed by atoms with Gasteiger partial charge in [-0.05, 0) is 80.5 Å². The molecule has 1 aromatic heterocycles. The molecule has 0 radical (unpaired) electrons. The number of nitrogens with one attached hydrogen (secondary N) is 2. The maximum Gasteiger partial charge on any atom is 0.275 e. The molecule has 0 saturated carbocycles. The lowest BCUT2D eigenvalue weighted by molar-refractivity contribution is -0.895. The Kier molecular flexibility index (Phi) is 5.74. The average molecular weight is 364 g/mol. The summed E-state index contributed by atoms with van der Waals surface area (Å²) < 4.78 is 3.81. The lowest BCUT2D eigenvalue weighted by atomic mass is 10.1. The zero-order valence-corrected chi connectivity index (χ0v) is 16.6. The molecule has 8 heteroatoms. The molecule has 1 atom stereocenters. The van der Waals surface area contributed by atoms with E-state index < -0.39 is 0 Å². The maximum absolute atomic E-state index is 12.0. The van der Waals surface area contributed by atoms with E-state index in [-0.39, 0.29) is 11.4 Å². The highest BCUT2D eigenvalue weighted by molar-refractivity contribution is 7.71. The van der Waals surface area contributed by atoms with Crippen LogP contribution in [0.3, 0.4) is 0 Å². The van der Waals surface area contributed by atoms with E-state index in [1.807, 2.05) is 53.8 Å². The second-order valence-electron chi connectivity index (χ2n) is 7.61. The molecule has 0 fully saturated rings. The minimum absolute atomic E-state index is 0.00165. The summed E-state index contributed by atoms with van der Waals surface area (Å²) in [6.07, 6.45) is 0. The first-order chi connectivity index (χ1) is 11.5. The van der Waals surface area contributed by atoms with E-state index in [1.165, 1.54) is 0 Å². The van der Waals surface area contributed by atoms with Gasteiger partial charge in [0, 0.05) is 5.54 Å². The van der Waals surface area contributed by atoms with Crippen molar-refractivity contribution in [1.29, 1.82) is 0 Å². The molecular weight excluding hydrogens is 336 g/mol. The smallest absolute Gasteiger partial charge is 0.275 e. The first-order valence-corrected chi connectivity index (χ1v) is 8.70. The third kappa shape index (κ3) is 5.47. The summed E-state index contributed by atoms with van der Waals surface area (Å²) in [5, 5.41) is 11.3. The minimum Gasteiger partial charge on any atom is -0.347 e. The second kappa shape index (κ2) is 7.45. The van der Waals surface area contributed by atoms with Crippen molar-refractivity contribution in [1.82, 2.24) is 25.1 Å². The number of hydrogen-bond acceptors (Lipinski definition) is 4. The average Bonchev–Trinajstić information content (AvgIpc) is 2.76. The first-order valence-electron chi connectivity index (χ1n) is 8.29. The van der Waals surface area contributed by atoms with Crippen LogP contribution in [0.15, 0.2) is 18.2 Å². The highest BCUT2D eigenvalue weighted by atomic mass is 32.1. The highest BCUT2D eigenvalue weighted by Gasteiger charge is 2.18. The van der Waals surface area contributed by atoms with E-state index in [2.05, 4.69) is 21.8 Å². The number of nitrogens with zero attached hydrogens (tertiary/aromatic N) is 4. The molecule has 136 valence electrons. The van der Waals surface area contributed by atoms with Crippen LogP contribution in [-0.2, 0) is 11.5 Å². The molecule has 7 nitrogen and oxygen atoms in total. The molecule has 1 heterocycles. The first kappa shape index (κ1) is 19.3. The van der Waals surface area contributed by atoms with Crippen molar-refractivity contribution in [2.45, 2.75) is 46.8 Å². The van der Waals surface area contributed by atoms with E-state index in [0.717, 1.165) is 21.7 Å². The number of rotatable bonds is 5. The molecule has 0 spiro atoms. The fraction of sp³-hybridized carbons (Fsp3) is 0.529. The summed E-state index contributed by atoms with van der Waals surface area (Å²) in [5.74, 6) is -0.00165. The van der Waals surface area contributed by atoms with Crippen LogP contribution in [0.1, 0.15) is 31.9 Å². The zero-order valence-electron chi connectivity index (χ0n) is 15.8. The summed E-state index contributed by atoms with van der Waals surface area (Å²) >= 11 is 5.50. The zero-order chi connectivity index (χ0) is 18.8. The van der Waals surface area contributed by atoms with Gasteiger partial charge < -0.3 is 10.2 Å². The van der Waals surface area contributed by atoms with Crippen LogP contribution in [-0.4, -0.2) is 44.8 Å². The van der Waals surface area contributed by atoms with Crippen molar-refractivity contribution in [3.8, 4) is 5.69 Å². The predicted molar refractivity (Wildman–Crippen MR) is 99.3 cm³/mol. The number of quaternary nitrogens is 1. The standard InChI is InChI=1S/C17H26N6OS/c1-12-7-13(2)9-14(8-12)23-16(25)22(19-20-23)11-21(6)10-15(24)18-17(3,4)5/h7-9H,10-11H2,1-6H3,(H,18,24)/p+1. The van der Waals surface area contributed by atoms with Crippen LogP contribution in [0, 0.1) is 18.6 Å². The van der Waals surface area contributed by atoms with E-state index in [1.54, 1.807) is 9.36 Å². The molecule has 0 aliphatic heterocycles. The Bertz CT molecular complexity index is 797. The molecular formula is C17H27N6OS+. The molecule has 2 aromatic rings. The van der Waals surface area contributed by atoms with Crippen molar-refractivity contribution in [2.24, 2.45) is 0 Å². The number of likely N-dealkylation sites (N-methyl/N-ethyl adjacent to an activating group) is 1. The SMILES string of the molecule is Cc1cc(C)cc(-n2nnn(C[NH+](C)CC(=O)NC(C)(C)C)c2=S)c1. The topological polar surface area (TPSA) is 69.2 Å². The quantitative estimate of drug-likeness (QED) is 0.771. The Morgan fingerprint density at radius 2 is 1.80 bits per heavy atom. The third-order valence-electron chi connectivity index (χ3n) is 3.49. The number of aromatic nitrogens is 4. The fourth-order valence-corrected chi connectivity index (χ4v) is 2.90. The van der Waals surface area contributed by atoms with Crippen molar-refractivity contribution < 1.29 is 9.69 Å². The molecule has 1 unspecified atom stereocenters. The Morgan fingerprint density at radius 3 is 2.36 bits per heavy atom. The van der Waals surface area contributed by atoms with Gasteiger partial charge in [-0.15, -0.1) is 0 Å². The maximum atomic E-state index is 12.0. The molecule has 0 aliphatic rings. The van der Waals surface area contributed by atoms with Crippen LogP contribution in [0.5, 0.6) is 0 Å². The number of benzene rings is 1. The van der Waals surface area contributed by atoms with Gasteiger partial charge in [0.2, 0.25) is 4.77 Å². The monoisotopic (exact) mass is 363 g/mol. The molecule has 2 N–H and O–H groups in total. The van der Waals surface area contributed by atoms with E-state index in [0.29, 0.717) is 18.0 Å². The lowest BCUT2D eigenvalue weighted by Gasteiger charge is -2.21. The van der Waals surface area contributed by atoms with Gasteiger partial charge in [0.05, 0.1) is 12.7 Å². The Morgan fingerprint density at radius 1 is 1.20 bits per heavy atom. The number of hydrogen-bond donors (Lipinski definition) is 2. The van der Waals surface area contributed by atoms with Gasteiger partial charge >= 0.3 is 0 Å². The normalized spacial score (nSPS) is 12.9. The predicted octanol–water partition coefficient (Wildman–Crippen LogP) is 0.802. The van der Waals surface area contributed by atoms with Crippen LogP contribution in [0.25, 0.3) is 5.69 Å². The second-order valence-corrected chi connectivity index (χ2v) is 7.97. The molecule has 25 heavy (non-hydrogen) atoms. The number of tetrazole rings is 1. The van der Waals surface area contributed by atoms with Crippen molar-refractivity contribution in [2.75, 3.05) is 13.6 Å². The number of carbonyl (C=O) groups is 1. The Balaban J connectivity index is 2.11. The largest absolute Gasteiger partial charge is 0.347 e. The third-order valence-corrected chi connectivity index (χ3v) is 3.87. The van der Waals surface area contributed by atoms with Crippen LogP contribution in [0.4, 0.5) is 0 Å². The lowest BCUT2D eigenvalue weighted by Crippen LogP contribution is -3.09.